The van der Waals surface area contributed by atoms with Crippen molar-refractivity contribution in [3.8, 4) is 16.9 Å². The third-order valence-electron chi connectivity index (χ3n) is 5.96. The number of pyridine rings is 1. The molecular weight excluding hydrogens is 402 g/mol. The average Bonchev–Trinajstić information content (AvgIpc) is 3.24. The lowest BCUT2D eigenvalue weighted by molar-refractivity contribution is -0.118. The molecule has 7 nitrogen and oxygen atoms in total. The minimum absolute atomic E-state index is 0.111. The lowest BCUT2D eigenvalue weighted by atomic mass is 9.97. The molecule has 0 N–H and O–H groups in total. The number of nitrogens with zero attached hydrogens (tertiary/aromatic N) is 3. The number of hydrogen-bond acceptors (Lipinski definition) is 5. The normalized spacial score (nSPS) is 19.7. The van der Waals surface area contributed by atoms with Crippen molar-refractivity contribution in [2.75, 3.05) is 30.9 Å². The van der Waals surface area contributed by atoms with E-state index in [0.29, 0.717) is 25.3 Å². The van der Waals surface area contributed by atoms with Crippen LogP contribution in [-0.4, -0.2) is 55.6 Å². The third kappa shape index (κ3) is 4.06. The number of carbonyl (C=O) groups excluding carboxylic acids is 1. The molecular formula is C22H27N3O4S. The number of hydrogen-bond donors (Lipinski definition) is 0. The summed E-state index contributed by atoms with van der Waals surface area (Å²) in [5.74, 6) is 0.872. The van der Waals surface area contributed by atoms with Gasteiger partial charge in [0.2, 0.25) is 15.9 Å². The minimum Gasteiger partial charge on any atom is -0.490 e. The van der Waals surface area contributed by atoms with Crippen molar-refractivity contribution in [1.29, 1.82) is 0 Å². The van der Waals surface area contributed by atoms with Crippen LogP contribution in [0.4, 0.5) is 5.69 Å². The Kier molecular flexibility index (Phi) is 5.79. The molecule has 0 aliphatic carbocycles. The first kappa shape index (κ1) is 20.8. The zero-order valence-corrected chi connectivity index (χ0v) is 18.2. The highest BCUT2D eigenvalue weighted by Crippen LogP contribution is 2.32. The van der Waals surface area contributed by atoms with E-state index in [1.54, 1.807) is 35.6 Å². The van der Waals surface area contributed by atoms with Crippen molar-refractivity contribution in [1.82, 2.24) is 9.29 Å². The zero-order valence-electron chi connectivity index (χ0n) is 17.4. The zero-order chi connectivity index (χ0) is 21.3. The van der Waals surface area contributed by atoms with Gasteiger partial charge in [-0.25, -0.2) is 8.42 Å². The number of carbonyl (C=O) groups is 1. The first-order chi connectivity index (χ1) is 14.4. The number of rotatable bonds is 6. The van der Waals surface area contributed by atoms with Gasteiger partial charge in [0, 0.05) is 37.5 Å². The van der Waals surface area contributed by atoms with E-state index in [1.165, 1.54) is 0 Å². The summed E-state index contributed by atoms with van der Waals surface area (Å²) in [6, 6.07) is 7.86. The van der Waals surface area contributed by atoms with E-state index in [2.05, 4.69) is 11.1 Å². The van der Waals surface area contributed by atoms with Crippen molar-refractivity contribution < 1.29 is 17.9 Å². The number of fused-ring (bicyclic) bond motifs is 1. The second-order valence-corrected chi connectivity index (χ2v) is 10.0. The molecule has 2 aliphatic heterocycles. The molecule has 1 saturated heterocycles. The molecule has 1 aromatic heterocycles. The van der Waals surface area contributed by atoms with E-state index in [9.17, 15) is 13.2 Å². The van der Waals surface area contributed by atoms with Crippen LogP contribution in [0.15, 0.2) is 36.7 Å². The van der Waals surface area contributed by atoms with Crippen molar-refractivity contribution in [3.05, 3.63) is 42.2 Å². The van der Waals surface area contributed by atoms with E-state index >= 15 is 0 Å². The summed E-state index contributed by atoms with van der Waals surface area (Å²) < 4.78 is 32.0. The molecule has 30 heavy (non-hydrogen) atoms. The number of aryl methyl sites for hydroxylation is 1. The van der Waals surface area contributed by atoms with Gasteiger partial charge in [-0.3, -0.25) is 9.78 Å². The molecule has 1 amide bonds. The monoisotopic (exact) mass is 429 g/mol. The van der Waals surface area contributed by atoms with Gasteiger partial charge in [0.25, 0.3) is 0 Å². The second kappa shape index (κ2) is 8.35. The van der Waals surface area contributed by atoms with Crippen LogP contribution in [-0.2, 0) is 21.2 Å². The molecule has 8 heteroatoms. The maximum absolute atomic E-state index is 12.3. The van der Waals surface area contributed by atoms with Crippen LogP contribution in [0.25, 0.3) is 11.1 Å². The predicted molar refractivity (Wildman–Crippen MR) is 116 cm³/mol. The summed E-state index contributed by atoms with van der Waals surface area (Å²) in [7, 11) is -1.40. The summed E-state index contributed by atoms with van der Waals surface area (Å²) in [4.78, 5) is 17.9. The Bertz CT molecular complexity index is 1050. The quantitative estimate of drug-likeness (QED) is 0.705. The molecule has 4 rings (SSSR count). The number of anilines is 1. The predicted octanol–water partition coefficient (Wildman–Crippen LogP) is 2.85. The third-order valence-corrected chi connectivity index (χ3v) is 7.88. The van der Waals surface area contributed by atoms with E-state index in [4.69, 9.17) is 4.74 Å². The van der Waals surface area contributed by atoms with Gasteiger partial charge in [-0.05, 0) is 55.5 Å². The Morgan fingerprint density at radius 3 is 2.80 bits per heavy atom. The highest BCUT2D eigenvalue weighted by atomic mass is 32.2. The van der Waals surface area contributed by atoms with Crippen molar-refractivity contribution in [3.63, 3.8) is 0 Å². The molecule has 0 unspecified atom stereocenters. The molecule has 2 aliphatic rings. The smallest absolute Gasteiger partial charge is 0.227 e. The summed E-state index contributed by atoms with van der Waals surface area (Å²) in [5, 5.41) is 0. The molecule has 3 heterocycles. The average molecular weight is 430 g/mol. The summed E-state index contributed by atoms with van der Waals surface area (Å²) in [6.45, 7) is 2.56. The van der Waals surface area contributed by atoms with Crippen LogP contribution in [0.3, 0.4) is 0 Å². The van der Waals surface area contributed by atoms with E-state index in [1.807, 2.05) is 18.2 Å². The highest BCUT2D eigenvalue weighted by Gasteiger charge is 2.33. The number of sulfonamides is 1. The maximum atomic E-state index is 12.3. The molecule has 0 bridgehead atoms. The van der Waals surface area contributed by atoms with E-state index in [-0.39, 0.29) is 17.7 Å². The van der Waals surface area contributed by atoms with Crippen molar-refractivity contribution in [2.45, 2.75) is 38.6 Å². The van der Waals surface area contributed by atoms with Gasteiger partial charge in [0.1, 0.15) is 12.4 Å². The summed E-state index contributed by atoms with van der Waals surface area (Å²) >= 11 is 0. The van der Waals surface area contributed by atoms with E-state index < -0.39 is 10.0 Å². The Balaban J connectivity index is 1.49. The highest BCUT2D eigenvalue weighted by molar-refractivity contribution is 7.89. The van der Waals surface area contributed by atoms with Gasteiger partial charge in [-0.2, -0.15) is 4.31 Å². The molecule has 1 fully saturated rings. The Labute approximate surface area is 177 Å². The largest absolute Gasteiger partial charge is 0.490 e. The maximum Gasteiger partial charge on any atom is 0.227 e. The molecule has 1 aromatic carbocycles. The molecule has 0 saturated carbocycles. The van der Waals surface area contributed by atoms with Crippen LogP contribution in [0.5, 0.6) is 5.75 Å². The fraction of sp³-hybridized carbons (Fsp3) is 0.455. The number of ether oxygens (including phenoxy) is 1. The molecule has 1 atom stereocenters. The minimum atomic E-state index is -3.21. The van der Waals surface area contributed by atoms with Crippen molar-refractivity contribution in [2.24, 2.45) is 0 Å². The van der Waals surface area contributed by atoms with Crippen LogP contribution in [0.2, 0.25) is 0 Å². The van der Waals surface area contributed by atoms with E-state index in [0.717, 1.165) is 41.6 Å². The standard InChI is InChI=1S/C22H27N3O4S/c1-3-30(27,28)25-10-4-5-19(25)15-29-20-12-18(13-23-14-20)16-6-8-21-17(11-16)7-9-22(26)24(21)2/h6,8,11-14,19H,3-5,7,9-10,15H2,1-2H3/t19-/m0/s1. The van der Waals surface area contributed by atoms with Crippen LogP contribution < -0.4 is 9.64 Å². The van der Waals surface area contributed by atoms with Gasteiger partial charge in [-0.15, -0.1) is 0 Å². The summed E-state index contributed by atoms with van der Waals surface area (Å²) in [5.41, 5.74) is 4.05. The lowest BCUT2D eigenvalue weighted by Gasteiger charge is -2.26. The number of benzene rings is 1. The number of aromatic nitrogens is 1. The van der Waals surface area contributed by atoms with Gasteiger partial charge >= 0.3 is 0 Å². The first-order valence-corrected chi connectivity index (χ1v) is 12.0. The fourth-order valence-electron chi connectivity index (χ4n) is 4.19. The lowest BCUT2D eigenvalue weighted by Crippen LogP contribution is -2.39. The molecule has 2 aromatic rings. The van der Waals surface area contributed by atoms with Crippen LogP contribution in [0, 0.1) is 0 Å². The summed E-state index contributed by atoms with van der Waals surface area (Å²) in [6.07, 6.45) is 6.37. The van der Waals surface area contributed by atoms with Gasteiger partial charge in [0.15, 0.2) is 0 Å². The van der Waals surface area contributed by atoms with Crippen molar-refractivity contribution >= 4 is 21.6 Å². The number of amides is 1. The first-order valence-electron chi connectivity index (χ1n) is 10.4. The van der Waals surface area contributed by atoms with Gasteiger partial charge in [0.05, 0.1) is 18.0 Å². The van der Waals surface area contributed by atoms with Crippen LogP contribution in [0.1, 0.15) is 31.7 Å². The topological polar surface area (TPSA) is 79.8 Å². The molecule has 160 valence electrons. The molecule has 0 spiro atoms. The Morgan fingerprint density at radius 1 is 1.17 bits per heavy atom. The second-order valence-electron chi connectivity index (χ2n) is 7.82. The van der Waals surface area contributed by atoms with Crippen LogP contribution >= 0.6 is 0 Å². The molecule has 0 radical (unpaired) electrons. The Morgan fingerprint density at radius 2 is 2.00 bits per heavy atom. The fourth-order valence-corrected chi connectivity index (χ4v) is 5.55. The van der Waals surface area contributed by atoms with Gasteiger partial charge < -0.3 is 9.64 Å². The van der Waals surface area contributed by atoms with Gasteiger partial charge in [-0.1, -0.05) is 6.07 Å². The Hall–Kier alpha value is -2.45. The SMILES string of the molecule is CCS(=O)(=O)N1CCC[C@H]1COc1cncc(-c2ccc3c(c2)CCC(=O)N3C)c1.